The molecule has 0 saturated carbocycles. The highest BCUT2D eigenvalue weighted by atomic mass is 35.5. The van der Waals surface area contributed by atoms with Crippen LogP contribution in [-0.4, -0.2) is 38.5 Å². The van der Waals surface area contributed by atoms with Crippen LogP contribution >= 0.6 is 22.9 Å². The zero-order chi connectivity index (χ0) is 20.4. The van der Waals surface area contributed by atoms with Crippen LogP contribution in [0.25, 0.3) is 0 Å². The van der Waals surface area contributed by atoms with E-state index in [1.54, 1.807) is 6.07 Å². The molecule has 2 aromatic rings. The zero-order valence-electron chi connectivity index (χ0n) is 15.6. The second kappa shape index (κ2) is 8.51. The summed E-state index contributed by atoms with van der Waals surface area (Å²) in [5.41, 5.74) is 0.943. The van der Waals surface area contributed by atoms with Crippen LogP contribution < -0.4 is 14.8 Å². The normalized spacial score (nSPS) is 17.4. The Balaban J connectivity index is 1.24. The number of piperidine rings is 1. The summed E-state index contributed by atoms with van der Waals surface area (Å²) in [6.45, 7) is 1.47. The molecule has 4 rings (SSSR count). The summed E-state index contributed by atoms with van der Waals surface area (Å²) in [5.74, 6) is 1.54. The van der Waals surface area contributed by atoms with E-state index in [0.29, 0.717) is 54.7 Å². The van der Waals surface area contributed by atoms with Crippen LogP contribution in [-0.2, 0) is 21.4 Å². The first-order valence-electron chi connectivity index (χ1n) is 9.32. The van der Waals surface area contributed by atoms with E-state index in [-0.39, 0.29) is 22.8 Å². The molecule has 2 aliphatic heterocycles. The van der Waals surface area contributed by atoms with E-state index in [4.69, 9.17) is 21.1 Å². The molecule has 0 aliphatic carbocycles. The lowest BCUT2D eigenvalue weighted by atomic mass is 9.94. The molecule has 1 amide bonds. The smallest absolute Gasteiger partial charge is 0.252 e. The topological polar surface area (TPSA) is 84.9 Å². The average molecular weight is 457 g/mol. The number of rotatable bonds is 6. The predicted molar refractivity (Wildman–Crippen MR) is 110 cm³/mol. The van der Waals surface area contributed by atoms with Gasteiger partial charge < -0.3 is 14.8 Å². The molecule has 156 valence electrons. The van der Waals surface area contributed by atoms with Crippen molar-refractivity contribution >= 4 is 38.9 Å². The standard InChI is InChI=1S/C19H21ClN2O5S2/c20-17-3-4-19(28-17)29(24,25)22-7-5-13(6-8-22)10-18(23)21-11-14-1-2-15-16(9-14)27-12-26-15/h1-4,9,13H,5-8,10-12H2,(H,21,23). The van der Waals surface area contributed by atoms with Crippen LogP contribution in [0, 0.1) is 5.92 Å². The fourth-order valence-corrected chi connectivity index (χ4v) is 6.61. The molecule has 1 fully saturated rings. The van der Waals surface area contributed by atoms with E-state index < -0.39 is 10.0 Å². The van der Waals surface area contributed by atoms with Gasteiger partial charge in [0.15, 0.2) is 11.5 Å². The van der Waals surface area contributed by atoms with Crippen LogP contribution in [0.2, 0.25) is 4.34 Å². The maximum atomic E-state index is 12.6. The Morgan fingerprint density at radius 1 is 1.17 bits per heavy atom. The number of halogens is 1. The minimum absolute atomic E-state index is 0.0333. The number of nitrogens with one attached hydrogen (secondary N) is 1. The number of carbonyl (C=O) groups is 1. The largest absolute Gasteiger partial charge is 0.454 e. The number of amides is 1. The number of thiophene rings is 1. The third kappa shape index (κ3) is 4.69. The summed E-state index contributed by atoms with van der Waals surface area (Å²) < 4.78 is 38.1. The summed E-state index contributed by atoms with van der Waals surface area (Å²) in [7, 11) is -3.50. The molecule has 0 bridgehead atoms. The number of sulfonamides is 1. The molecule has 3 heterocycles. The van der Waals surface area contributed by atoms with Crippen molar-refractivity contribution in [2.45, 2.75) is 30.0 Å². The molecular weight excluding hydrogens is 436 g/mol. The molecule has 1 saturated heterocycles. The molecule has 1 aromatic heterocycles. The fourth-order valence-electron chi connectivity index (χ4n) is 3.50. The SMILES string of the molecule is O=C(CC1CCN(S(=O)(=O)c2ccc(Cl)s2)CC1)NCc1ccc2c(c1)OCO2. The average Bonchev–Trinajstić information content (AvgIpc) is 3.35. The van der Waals surface area contributed by atoms with Gasteiger partial charge in [0, 0.05) is 26.1 Å². The number of nitrogens with zero attached hydrogens (tertiary/aromatic N) is 1. The summed E-state index contributed by atoms with van der Waals surface area (Å²) in [5, 5.41) is 2.93. The lowest BCUT2D eigenvalue weighted by Crippen LogP contribution is -2.39. The van der Waals surface area contributed by atoms with Crippen molar-refractivity contribution in [3.8, 4) is 11.5 Å². The lowest BCUT2D eigenvalue weighted by Gasteiger charge is -2.30. The zero-order valence-corrected chi connectivity index (χ0v) is 18.0. The molecule has 7 nitrogen and oxygen atoms in total. The molecule has 2 aliphatic rings. The van der Waals surface area contributed by atoms with Gasteiger partial charge in [-0.25, -0.2) is 8.42 Å². The van der Waals surface area contributed by atoms with E-state index in [1.165, 1.54) is 10.4 Å². The van der Waals surface area contributed by atoms with Crippen molar-refractivity contribution in [3.63, 3.8) is 0 Å². The van der Waals surface area contributed by atoms with E-state index >= 15 is 0 Å². The van der Waals surface area contributed by atoms with Crippen molar-refractivity contribution in [2.75, 3.05) is 19.9 Å². The van der Waals surface area contributed by atoms with E-state index in [2.05, 4.69) is 5.32 Å². The highest BCUT2D eigenvalue weighted by molar-refractivity contribution is 7.91. The van der Waals surface area contributed by atoms with E-state index in [0.717, 1.165) is 16.9 Å². The van der Waals surface area contributed by atoms with E-state index in [9.17, 15) is 13.2 Å². The van der Waals surface area contributed by atoms with Gasteiger partial charge in [-0.05, 0) is 48.6 Å². The molecule has 1 aromatic carbocycles. The Morgan fingerprint density at radius 3 is 2.66 bits per heavy atom. The van der Waals surface area contributed by atoms with Gasteiger partial charge in [0.05, 0.1) is 4.34 Å². The first-order valence-corrected chi connectivity index (χ1v) is 12.0. The molecule has 0 unspecified atom stereocenters. The van der Waals surface area contributed by atoms with Gasteiger partial charge >= 0.3 is 0 Å². The van der Waals surface area contributed by atoms with Gasteiger partial charge in [0.2, 0.25) is 12.7 Å². The molecule has 0 spiro atoms. The molecular formula is C19H21ClN2O5S2. The summed E-state index contributed by atoms with van der Waals surface area (Å²) >= 11 is 6.93. The van der Waals surface area contributed by atoms with Gasteiger partial charge in [0.25, 0.3) is 10.0 Å². The first-order chi connectivity index (χ1) is 13.9. The predicted octanol–water partition coefficient (Wildman–Crippen LogP) is 3.24. The summed E-state index contributed by atoms with van der Waals surface area (Å²) in [4.78, 5) is 12.3. The van der Waals surface area contributed by atoms with Crippen LogP contribution in [0.15, 0.2) is 34.5 Å². The Kier molecular flexibility index (Phi) is 6.00. The fraction of sp³-hybridized carbons (Fsp3) is 0.421. The van der Waals surface area contributed by atoms with Crippen LogP contribution in [0.4, 0.5) is 0 Å². The minimum Gasteiger partial charge on any atom is -0.454 e. The number of benzene rings is 1. The third-order valence-corrected chi connectivity index (χ3v) is 8.71. The number of carbonyl (C=O) groups excluding carboxylic acids is 1. The minimum atomic E-state index is -3.50. The molecule has 10 heteroatoms. The molecule has 0 atom stereocenters. The third-order valence-electron chi connectivity index (χ3n) is 5.12. The van der Waals surface area contributed by atoms with Crippen LogP contribution in [0.3, 0.4) is 0 Å². The Bertz CT molecular complexity index is 1000. The first kappa shape index (κ1) is 20.5. The second-order valence-electron chi connectivity index (χ2n) is 7.07. The number of hydrogen-bond acceptors (Lipinski definition) is 6. The van der Waals surface area contributed by atoms with Crippen LogP contribution in [0.1, 0.15) is 24.8 Å². The van der Waals surface area contributed by atoms with Gasteiger partial charge in [-0.2, -0.15) is 4.31 Å². The summed E-state index contributed by atoms with van der Waals surface area (Å²) in [6, 6.07) is 8.73. The molecule has 1 N–H and O–H groups in total. The Morgan fingerprint density at radius 2 is 1.93 bits per heavy atom. The van der Waals surface area contributed by atoms with Crippen molar-refractivity contribution in [2.24, 2.45) is 5.92 Å². The highest BCUT2D eigenvalue weighted by Gasteiger charge is 2.31. The van der Waals surface area contributed by atoms with Crippen molar-refractivity contribution in [3.05, 3.63) is 40.2 Å². The van der Waals surface area contributed by atoms with E-state index in [1.807, 2.05) is 18.2 Å². The second-order valence-corrected chi connectivity index (χ2v) is 11.0. The van der Waals surface area contributed by atoms with Crippen molar-refractivity contribution < 1.29 is 22.7 Å². The van der Waals surface area contributed by atoms with Crippen LogP contribution in [0.5, 0.6) is 11.5 Å². The van der Waals surface area contributed by atoms with Crippen molar-refractivity contribution in [1.29, 1.82) is 0 Å². The van der Waals surface area contributed by atoms with Crippen molar-refractivity contribution in [1.82, 2.24) is 9.62 Å². The Hall–Kier alpha value is -1.81. The number of ether oxygens (including phenoxy) is 2. The van der Waals surface area contributed by atoms with Gasteiger partial charge in [0.1, 0.15) is 4.21 Å². The number of fused-ring (bicyclic) bond motifs is 1. The Labute approximate surface area is 178 Å². The highest BCUT2D eigenvalue weighted by Crippen LogP contribution is 2.33. The van der Waals surface area contributed by atoms with Gasteiger partial charge in [-0.15, -0.1) is 11.3 Å². The quantitative estimate of drug-likeness (QED) is 0.721. The monoisotopic (exact) mass is 456 g/mol. The molecule has 0 radical (unpaired) electrons. The molecule has 29 heavy (non-hydrogen) atoms. The lowest BCUT2D eigenvalue weighted by molar-refractivity contribution is -0.122. The maximum Gasteiger partial charge on any atom is 0.252 e. The summed E-state index contributed by atoms with van der Waals surface area (Å²) in [6.07, 6.45) is 1.72. The van der Waals surface area contributed by atoms with Gasteiger partial charge in [-0.3, -0.25) is 4.79 Å². The maximum absolute atomic E-state index is 12.6. The number of hydrogen-bond donors (Lipinski definition) is 1. The van der Waals surface area contributed by atoms with Gasteiger partial charge in [-0.1, -0.05) is 17.7 Å².